The van der Waals surface area contributed by atoms with E-state index in [1.165, 1.54) is 9.80 Å². The molecule has 1 atom stereocenters. The summed E-state index contributed by atoms with van der Waals surface area (Å²) in [6, 6.07) is 10.8. The molecule has 168 valence electrons. The summed E-state index contributed by atoms with van der Waals surface area (Å²) in [5.74, 6) is 1.17. The minimum atomic E-state index is -0.233. The van der Waals surface area contributed by atoms with E-state index in [1.54, 1.807) is 30.6 Å². The van der Waals surface area contributed by atoms with Crippen LogP contribution in [0.5, 0.6) is 0 Å². The highest BCUT2D eigenvalue weighted by molar-refractivity contribution is 8.13. The average molecular weight is 468 g/mol. The molecule has 0 radical (unpaired) electrons. The first-order chi connectivity index (χ1) is 15.7. The van der Waals surface area contributed by atoms with Gasteiger partial charge in [-0.15, -0.1) is 11.8 Å². The maximum Gasteiger partial charge on any atom is 0.210 e. The summed E-state index contributed by atoms with van der Waals surface area (Å²) in [5, 5.41) is 19.4. The number of hydrogen-bond donors (Lipinski definition) is 3. The Hall–Kier alpha value is -2.41. The zero-order valence-corrected chi connectivity index (χ0v) is 20.1. The number of anilines is 1. The quantitative estimate of drug-likeness (QED) is 0.427. The molecule has 0 saturated heterocycles. The van der Waals surface area contributed by atoms with Crippen LogP contribution >= 0.6 is 23.5 Å². The van der Waals surface area contributed by atoms with Gasteiger partial charge in [0.2, 0.25) is 5.96 Å². The van der Waals surface area contributed by atoms with Crippen molar-refractivity contribution in [2.45, 2.75) is 36.1 Å². The van der Waals surface area contributed by atoms with Crippen LogP contribution in [0.25, 0.3) is 0 Å². The molecule has 1 unspecified atom stereocenters. The fourth-order valence-electron chi connectivity index (χ4n) is 4.06. The number of thioether (sulfide) groups is 2. The zero-order valence-electron chi connectivity index (χ0n) is 18.5. The number of nitriles is 1. The summed E-state index contributed by atoms with van der Waals surface area (Å²) in [7, 11) is 1.76. The molecule has 0 amide bonds. The second-order valence-corrected chi connectivity index (χ2v) is 10.0. The van der Waals surface area contributed by atoms with E-state index in [9.17, 15) is 5.26 Å². The number of allylic oxidation sites excluding steroid dienone is 1. The number of guanidine groups is 1. The molecule has 1 aromatic rings. The Morgan fingerprint density at radius 1 is 1.38 bits per heavy atom. The van der Waals surface area contributed by atoms with Gasteiger partial charge in [0.1, 0.15) is 6.67 Å². The van der Waals surface area contributed by atoms with Gasteiger partial charge in [-0.25, -0.2) is 0 Å². The highest BCUT2D eigenvalue weighted by Gasteiger charge is 2.51. The monoisotopic (exact) mass is 467 g/mol. The molecule has 2 aliphatic heterocycles. The molecular weight excluding hydrogens is 438 g/mol. The van der Waals surface area contributed by atoms with Gasteiger partial charge in [-0.3, -0.25) is 15.4 Å². The Kier molecular flexibility index (Phi) is 7.45. The molecule has 4 rings (SSSR count). The van der Waals surface area contributed by atoms with Crippen molar-refractivity contribution in [3.8, 4) is 6.07 Å². The van der Waals surface area contributed by atoms with E-state index in [0.717, 1.165) is 36.5 Å². The number of nitrogens with zero attached hydrogens (tertiary/aromatic N) is 4. The molecule has 32 heavy (non-hydrogen) atoms. The SMILES string of the molecule is CN=C(Nc1ccc(SC2=CCNC=C2)cc1)NN1CN=C(SC)CC1(CC#N)C1CC1. The first-order valence-corrected chi connectivity index (χ1v) is 12.8. The van der Waals surface area contributed by atoms with Crippen molar-refractivity contribution in [2.24, 2.45) is 15.9 Å². The topological polar surface area (TPSA) is 87.8 Å². The number of hydrogen-bond acceptors (Lipinski definition) is 7. The van der Waals surface area contributed by atoms with Crippen molar-refractivity contribution in [2.75, 3.05) is 31.8 Å². The fraction of sp³-hybridized carbons (Fsp3) is 0.435. The normalized spacial score (nSPS) is 23.6. The number of nitrogens with one attached hydrogen (secondary N) is 3. The van der Waals surface area contributed by atoms with Gasteiger partial charge in [-0.1, -0.05) is 17.8 Å². The van der Waals surface area contributed by atoms with Crippen molar-refractivity contribution in [3.63, 3.8) is 0 Å². The minimum Gasteiger partial charge on any atom is -0.387 e. The first-order valence-electron chi connectivity index (χ1n) is 10.8. The molecular formula is C23H29N7S2. The van der Waals surface area contributed by atoms with Crippen LogP contribution in [0.15, 0.2) is 62.4 Å². The maximum atomic E-state index is 9.60. The average Bonchev–Trinajstić information content (AvgIpc) is 3.68. The largest absolute Gasteiger partial charge is 0.387 e. The van der Waals surface area contributed by atoms with Crippen LogP contribution < -0.4 is 16.1 Å². The predicted octanol–water partition coefficient (Wildman–Crippen LogP) is 4.17. The molecule has 1 aromatic carbocycles. The molecule has 3 aliphatic rings. The van der Waals surface area contributed by atoms with Gasteiger partial charge >= 0.3 is 0 Å². The molecule has 7 nitrogen and oxygen atoms in total. The molecule has 1 fully saturated rings. The third kappa shape index (κ3) is 5.31. The van der Waals surface area contributed by atoms with Crippen molar-refractivity contribution in [3.05, 3.63) is 47.5 Å². The molecule has 9 heteroatoms. The van der Waals surface area contributed by atoms with Crippen LogP contribution in [0.2, 0.25) is 0 Å². The second kappa shape index (κ2) is 10.5. The lowest BCUT2D eigenvalue weighted by Gasteiger charge is -2.45. The maximum absolute atomic E-state index is 9.60. The summed E-state index contributed by atoms with van der Waals surface area (Å²) in [6.45, 7) is 1.38. The Labute approximate surface area is 198 Å². The molecule has 2 heterocycles. The van der Waals surface area contributed by atoms with E-state index in [-0.39, 0.29) is 5.54 Å². The summed E-state index contributed by atoms with van der Waals surface area (Å²) < 4.78 is 0. The number of benzene rings is 1. The second-order valence-electron chi connectivity index (χ2n) is 8.00. The van der Waals surface area contributed by atoms with Crippen LogP contribution in [0.4, 0.5) is 5.69 Å². The van der Waals surface area contributed by atoms with E-state index in [4.69, 9.17) is 4.99 Å². The molecule has 1 aliphatic carbocycles. The summed E-state index contributed by atoms with van der Waals surface area (Å²) in [4.78, 5) is 11.6. The zero-order chi connectivity index (χ0) is 22.4. The fourth-order valence-corrected chi connectivity index (χ4v) is 5.49. The molecule has 3 N–H and O–H groups in total. The van der Waals surface area contributed by atoms with E-state index >= 15 is 0 Å². The van der Waals surface area contributed by atoms with E-state index in [2.05, 4.69) is 74.8 Å². The summed E-state index contributed by atoms with van der Waals surface area (Å²) >= 11 is 3.44. The Bertz CT molecular complexity index is 973. The van der Waals surface area contributed by atoms with Crippen molar-refractivity contribution in [1.29, 1.82) is 5.26 Å². The van der Waals surface area contributed by atoms with Gasteiger partial charge in [-0.05, 0) is 61.6 Å². The van der Waals surface area contributed by atoms with Crippen LogP contribution in [0.3, 0.4) is 0 Å². The highest BCUT2D eigenvalue weighted by atomic mass is 32.2. The molecule has 0 bridgehead atoms. The van der Waals surface area contributed by atoms with Gasteiger partial charge in [0.15, 0.2) is 0 Å². The van der Waals surface area contributed by atoms with Gasteiger partial charge < -0.3 is 10.6 Å². The van der Waals surface area contributed by atoms with E-state index < -0.39 is 0 Å². The lowest BCUT2D eigenvalue weighted by molar-refractivity contribution is 0.0433. The van der Waals surface area contributed by atoms with Crippen molar-refractivity contribution < 1.29 is 0 Å². The molecule has 0 spiro atoms. The Balaban J connectivity index is 1.43. The number of hydrazine groups is 1. The number of dihydropyridines is 1. The standard InChI is InChI=1S/C23H29N7S2/c1-25-22(28-18-5-7-19(8-6-18)32-20-9-13-26-14-10-20)29-30-16-27-21(31-2)15-23(30,11-12-24)17-3-4-17/h5-10,13,17,26H,3-4,11,14-16H2,1-2H3,(H2,25,28,29). The van der Waals surface area contributed by atoms with Crippen molar-refractivity contribution >= 4 is 40.2 Å². The van der Waals surface area contributed by atoms with Crippen molar-refractivity contribution in [1.82, 2.24) is 15.8 Å². The van der Waals surface area contributed by atoms with Gasteiger partial charge in [0.05, 0.1) is 23.1 Å². The van der Waals surface area contributed by atoms with Crippen LogP contribution in [-0.4, -0.2) is 48.1 Å². The van der Waals surface area contributed by atoms with Crippen LogP contribution in [-0.2, 0) is 0 Å². The lowest BCUT2D eigenvalue weighted by Crippen LogP contribution is -2.62. The summed E-state index contributed by atoms with van der Waals surface area (Å²) in [6.07, 6.45) is 11.9. The summed E-state index contributed by atoms with van der Waals surface area (Å²) in [5.41, 5.74) is 4.18. The Morgan fingerprint density at radius 3 is 2.81 bits per heavy atom. The third-order valence-electron chi connectivity index (χ3n) is 5.95. The van der Waals surface area contributed by atoms with Gasteiger partial charge in [0, 0.05) is 35.5 Å². The smallest absolute Gasteiger partial charge is 0.210 e. The Morgan fingerprint density at radius 2 is 2.19 bits per heavy atom. The van der Waals surface area contributed by atoms with E-state index in [1.807, 2.05) is 6.20 Å². The molecule has 1 saturated carbocycles. The minimum absolute atomic E-state index is 0.233. The number of aliphatic imine (C=N–C) groups is 2. The lowest BCUT2D eigenvalue weighted by atomic mass is 9.85. The third-order valence-corrected chi connectivity index (χ3v) is 7.74. The van der Waals surface area contributed by atoms with E-state index in [0.29, 0.717) is 25.0 Å². The first kappa shape index (κ1) is 22.8. The van der Waals surface area contributed by atoms with Crippen LogP contribution in [0, 0.1) is 17.2 Å². The highest BCUT2D eigenvalue weighted by Crippen LogP contribution is 2.48. The van der Waals surface area contributed by atoms with Gasteiger partial charge in [-0.2, -0.15) is 10.3 Å². The van der Waals surface area contributed by atoms with Crippen LogP contribution in [0.1, 0.15) is 25.7 Å². The molecule has 0 aromatic heterocycles. The van der Waals surface area contributed by atoms with Gasteiger partial charge in [0.25, 0.3) is 0 Å². The number of rotatable bonds is 6. The predicted molar refractivity (Wildman–Crippen MR) is 136 cm³/mol.